The molecule has 1 aromatic carbocycles. The van der Waals surface area contributed by atoms with Gasteiger partial charge in [0.25, 0.3) is 0 Å². The standard InChI is InChI=1S/C17H23N3O3/c1-17(2,3)15(21)16(20-10-9-18-12-20)23-14-7-5-13(6-8-14)11-19-22-4/h5-12,15-16,21H,1-4H3. The number of rotatable bonds is 6. The van der Waals surface area contributed by atoms with Crippen LogP contribution in [-0.4, -0.2) is 34.1 Å². The smallest absolute Gasteiger partial charge is 0.203 e. The van der Waals surface area contributed by atoms with Crippen molar-refractivity contribution in [3.63, 3.8) is 0 Å². The summed E-state index contributed by atoms with van der Waals surface area (Å²) in [6, 6.07) is 7.39. The van der Waals surface area contributed by atoms with Gasteiger partial charge in [-0.25, -0.2) is 4.98 Å². The van der Waals surface area contributed by atoms with Gasteiger partial charge in [-0.05, 0) is 35.2 Å². The lowest BCUT2D eigenvalue weighted by Gasteiger charge is -2.33. The van der Waals surface area contributed by atoms with E-state index in [0.717, 1.165) is 5.56 Å². The van der Waals surface area contributed by atoms with Crippen LogP contribution in [0.2, 0.25) is 0 Å². The zero-order valence-corrected chi connectivity index (χ0v) is 13.9. The first-order valence-electron chi connectivity index (χ1n) is 7.40. The van der Waals surface area contributed by atoms with Crippen molar-refractivity contribution in [1.29, 1.82) is 0 Å². The molecule has 0 spiro atoms. The summed E-state index contributed by atoms with van der Waals surface area (Å²) >= 11 is 0. The third kappa shape index (κ3) is 4.56. The summed E-state index contributed by atoms with van der Waals surface area (Å²) in [5, 5.41) is 14.4. The minimum atomic E-state index is -0.702. The minimum absolute atomic E-state index is 0.333. The van der Waals surface area contributed by atoms with Crippen LogP contribution in [0.15, 0.2) is 48.1 Å². The highest BCUT2D eigenvalue weighted by atomic mass is 16.6. The monoisotopic (exact) mass is 317 g/mol. The lowest BCUT2D eigenvalue weighted by molar-refractivity contribution is -0.0674. The van der Waals surface area contributed by atoms with Gasteiger partial charge in [0, 0.05) is 12.4 Å². The maximum Gasteiger partial charge on any atom is 0.203 e. The molecule has 0 aliphatic heterocycles. The molecule has 0 amide bonds. The van der Waals surface area contributed by atoms with Crippen molar-refractivity contribution in [2.75, 3.05) is 7.11 Å². The normalized spacial score (nSPS) is 14.7. The fourth-order valence-electron chi connectivity index (χ4n) is 2.02. The predicted molar refractivity (Wildman–Crippen MR) is 88.4 cm³/mol. The molecule has 1 N–H and O–H groups in total. The van der Waals surface area contributed by atoms with E-state index in [0.29, 0.717) is 5.75 Å². The van der Waals surface area contributed by atoms with Crippen LogP contribution in [0.3, 0.4) is 0 Å². The molecule has 0 saturated carbocycles. The highest BCUT2D eigenvalue weighted by molar-refractivity contribution is 5.79. The van der Waals surface area contributed by atoms with Crippen molar-refractivity contribution < 1.29 is 14.7 Å². The van der Waals surface area contributed by atoms with Crippen molar-refractivity contribution >= 4 is 6.21 Å². The SMILES string of the molecule is CON=Cc1ccc(OC(C(O)C(C)(C)C)n2ccnc2)cc1. The highest BCUT2D eigenvalue weighted by Crippen LogP contribution is 2.30. The Hall–Kier alpha value is -2.34. The molecule has 23 heavy (non-hydrogen) atoms. The zero-order valence-electron chi connectivity index (χ0n) is 13.9. The molecular formula is C17H23N3O3. The van der Waals surface area contributed by atoms with Crippen LogP contribution in [0.5, 0.6) is 5.75 Å². The molecule has 6 nitrogen and oxygen atoms in total. The van der Waals surface area contributed by atoms with E-state index in [-0.39, 0.29) is 5.41 Å². The molecule has 2 rings (SSSR count). The van der Waals surface area contributed by atoms with Crippen molar-refractivity contribution in [2.45, 2.75) is 33.1 Å². The number of aromatic nitrogens is 2. The van der Waals surface area contributed by atoms with Crippen LogP contribution < -0.4 is 4.74 Å². The Labute approximate surface area is 136 Å². The fraction of sp³-hybridized carbons (Fsp3) is 0.412. The van der Waals surface area contributed by atoms with E-state index >= 15 is 0 Å². The molecule has 6 heteroatoms. The van der Waals surface area contributed by atoms with Crippen LogP contribution in [0.1, 0.15) is 32.6 Å². The molecule has 0 fully saturated rings. The van der Waals surface area contributed by atoms with Gasteiger partial charge in [0.05, 0.1) is 12.5 Å². The zero-order chi connectivity index (χ0) is 16.9. The van der Waals surface area contributed by atoms with Gasteiger partial charge in [-0.2, -0.15) is 0 Å². The van der Waals surface area contributed by atoms with E-state index in [1.54, 1.807) is 29.5 Å². The van der Waals surface area contributed by atoms with Gasteiger partial charge >= 0.3 is 0 Å². The number of aliphatic hydroxyl groups is 1. The van der Waals surface area contributed by atoms with Gasteiger partial charge < -0.3 is 14.7 Å². The number of hydrogen-bond donors (Lipinski definition) is 1. The van der Waals surface area contributed by atoms with Crippen LogP contribution in [0.25, 0.3) is 0 Å². The second kappa shape index (κ2) is 7.28. The van der Waals surface area contributed by atoms with Gasteiger partial charge in [-0.15, -0.1) is 0 Å². The Bertz CT molecular complexity index is 616. The molecule has 0 radical (unpaired) electrons. The number of benzene rings is 1. The number of ether oxygens (including phenoxy) is 1. The van der Waals surface area contributed by atoms with Crippen molar-refractivity contribution in [1.82, 2.24) is 9.55 Å². The second-order valence-corrected chi connectivity index (χ2v) is 6.32. The maximum absolute atomic E-state index is 10.6. The predicted octanol–water partition coefficient (Wildman–Crippen LogP) is 2.85. The van der Waals surface area contributed by atoms with Gasteiger partial charge in [-0.1, -0.05) is 25.9 Å². The van der Waals surface area contributed by atoms with E-state index in [2.05, 4.69) is 15.0 Å². The molecule has 2 unspecified atom stereocenters. The summed E-state index contributed by atoms with van der Waals surface area (Å²) in [6.45, 7) is 5.90. The first-order chi connectivity index (χ1) is 10.9. The first kappa shape index (κ1) is 17.0. The third-order valence-corrected chi connectivity index (χ3v) is 3.42. The molecule has 1 heterocycles. The molecule has 124 valence electrons. The Kier molecular flexibility index (Phi) is 5.39. The number of nitrogens with zero attached hydrogens (tertiary/aromatic N) is 3. The number of imidazole rings is 1. The van der Waals surface area contributed by atoms with E-state index in [9.17, 15) is 5.11 Å². The van der Waals surface area contributed by atoms with E-state index in [4.69, 9.17) is 4.74 Å². The minimum Gasteiger partial charge on any atom is -0.467 e. The quantitative estimate of drug-likeness (QED) is 0.657. The van der Waals surface area contributed by atoms with Crippen LogP contribution in [-0.2, 0) is 4.84 Å². The Morgan fingerprint density at radius 3 is 2.48 bits per heavy atom. The van der Waals surface area contributed by atoms with Crippen molar-refractivity contribution in [3.8, 4) is 5.75 Å². The van der Waals surface area contributed by atoms with Crippen LogP contribution in [0, 0.1) is 5.41 Å². The Balaban J connectivity index is 2.19. The molecule has 0 aliphatic rings. The first-order valence-corrected chi connectivity index (χ1v) is 7.40. The summed E-state index contributed by atoms with van der Waals surface area (Å²) in [4.78, 5) is 8.69. The lowest BCUT2D eigenvalue weighted by atomic mass is 9.88. The summed E-state index contributed by atoms with van der Waals surface area (Å²) in [6.07, 6.45) is 5.43. The largest absolute Gasteiger partial charge is 0.467 e. The Morgan fingerprint density at radius 1 is 1.26 bits per heavy atom. The molecule has 0 bridgehead atoms. The van der Waals surface area contributed by atoms with E-state index < -0.39 is 12.3 Å². The maximum atomic E-state index is 10.6. The number of hydrogen-bond acceptors (Lipinski definition) is 5. The third-order valence-electron chi connectivity index (χ3n) is 3.42. The summed E-state index contributed by atoms with van der Waals surface area (Å²) in [7, 11) is 1.50. The highest BCUT2D eigenvalue weighted by Gasteiger charge is 2.33. The molecular weight excluding hydrogens is 294 g/mol. The van der Waals surface area contributed by atoms with Crippen LogP contribution >= 0.6 is 0 Å². The fourth-order valence-corrected chi connectivity index (χ4v) is 2.02. The average Bonchev–Trinajstić information content (AvgIpc) is 3.04. The molecule has 1 aromatic heterocycles. The lowest BCUT2D eigenvalue weighted by Crippen LogP contribution is -2.38. The van der Waals surface area contributed by atoms with Crippen molar-refractivity contribution in [2.24, 2.45) is 10.6 Å². The van der Waals surface area contributed by atoms with Gasteiger partial charge in [0.2, 0.25) is 6.23 Å². The summed E-state index contributed by atoms with van der Waals surface area (Å²) in [5.74, 6) is 0.654. The Morgan fingerprint density at radius 2 is 1.96 bits per heavy atom. The van der Waals surface area contributed by atoms with Crippen LogP contribution in [0.4, 0.5) is 0 Å². The molecule has 2 atom stereocenters. The number of oxime groups is 1. The van der Waals surface area contributed by atoms with E-state index in [1.165, 1.54) is 7.11 Å². The van der Waals surface area contributed by atoms with Gasteiger partial charge in [-0.3, -0.25) is 4.57 Å². The molecule has 0 saturated heterocycles. The second-order valence-electron chi connectivity index (χ2n) is 6.32. The van der Waals surface area contributed by atoms with E-state index in [1.807, 2.05) is 45.0 Å². The van der Waals surface area contributed by atoms with Crippen molar-refractivity contribution in [3.05, 3.63) is 48.5 Å². The number of aliphatic hydroxyl groups excluding tert-OH is 1. The average molecular weight is 317 g/mol. The summed E-state index contributed by atoms with van der Waals surface area (Å²) < 4.78 is 7.76. The van der Waals surface area contributed by atoms with Gasteiger partial charge in [0.1, 0.15) is 19.0 Å². The topological polar surface area (TPSA) is 68.9 Å². The summed E-state index contributed by atoms with van der Waals surface area (Å²) in [5.41, 5.74) is 0.565. The van der Waals surface area contributed by atoms with Gasteiger partial charge in [0.15, 0.2) is 0 Å². The molecule has 0 aliphatic carbocycles. The molecule has 2 aromatic rings.